The maximum absolute atomic E-state index is 13.2. The first kappa shape index (κ1) is 11.5. The Hall–Kier alpha value is -1.98. The minimum absolute atomic E-state index is 0.234. The van der Waals surface area contributed by atoms with Crippen LogP contribution in [0.5, 0.6) is 0 Å². The number of hydrogen-bond donors (Lipinski definition) is 2. The molecule has 90 valence electrons. The molecule has 6 heteroatoms. The van der Waals surface area contributed by atoms with Crippen LogP contribution in [-0.2, 0) is 9.59 Å². The molecule has 0 unspecified atom stereocenters. The van der Waals surface area contributed by atoms with Crippen molar-refractivity contribution in [1.82, 2.24) is 0 Å². The van der Waals surface area contributed by atoms with Crippen LogP contribution in [0.15, 0.2) is 18.2 Å². The molecule has 1 amide bonds. The summed E-state index contributed by atoms with van der Waals surface area (Å²) in [5.74, 6) is -4.45. The fraction of sp³-hybridized carbons (Fsp3) is 0.273. The van der Waals surface area contributed by atoms with Crippen LogP contribution in [-0.4, -0.2) is 17.0 Å². The molecule has 2 N–H and O–H groups in total. The Bertz CT molecular complexity index is 490. The largest absolute Gasteiger partial charge is 0.481 e. The summed E-state index contributed by atoms with van der Waals surface area (Å²) < 4.78 is 26.0. The Labute approximate surface area is 95.2 Å². The number of halogens is 2. The standard InChI is InChI=1S/C11H9F2NO3/c12-5-1-2-8(13)9(3-5)14-10(15)6-4-7(6)11(16)17/h1-3,6-7H,4H2,(H,14,15)(H,16,17)/t6-,7-/m0/s1. The quantitative estimate of drug-likeness (QED) is 0.845. The van der Waals surface area contributed by atoms with Crippen LogP contribution in [0.25, 0.3) is 0 Å². The molecule has 2 rings (SSSR count). The summed E-state index contributed by atoms with van der Waals surface area (Å²) in [5, 5.41) is 10.8. The first-order chi connectivity index (χ1) is 7.99. The summed E-state index contributed by atoms with van der Waals surface area (Å²) in [6.07, 6.45) is 0.234. The van der Waals surface area contributed by atoms with Crippen LogP contribution in [0.4, 0.5) is 14.5 Å². The molecule has 17 heavy (non-hydrogen) atoms. The van der Waals surface area contributed by atoms with Crippen molar-refractivity contribution in [2.45, 2.75) is 6.42 Å². The van der Waals surface area contributed by atoms with Crippen molar-refractivity contribution in [3.05, 3.63) is 29.8 Å². The van der Waals surface area contributed by atoms with Crippen LogP contribution in [0.3, 0.4) is 0 Å². The molecule has 0 aliphatic heterocycles. The zero-order valence-electron chi connectivity index (χ0n) is 8.61. The number of benzene rings is 1. The van der Waals surface area contributed by atoms with Gasteiger partial charge in [0.1, 0.15) is 11.6 Å². The molecule has 0 heterocycles. The molecule has 0 saturated heterocycles. The maximum Gasteiger partial charge on any atom is 0.307 e. The maximum atomic E-state index is 13.2. The average molecular weight is 241 g/mol. The highest BCUT2D eigenvalue weighted by Gasteiger charge is 2.48. The van der Waals surface area contributed by atoms with Crippen molar-refractivity contribution in [1.29, 1.82) is 0 Å². The lowest BCUT2D eigenvalue weighted by atomic mass is 10.2. The minimum Gasteiger partial charge on any atom is -0.481 e. The van der Waals surface area contributed by atoms with Gasteiger partial charge in [0.15, 0.2) is 0 Å². The summed E-state index contributed by atoms with van der Waals surface area (Å²) in [4.78, 5) is 22.0. The number of carboxylic acids is 1. The van der Waals surface area contributed by atoms with Gasteiger partial charge in [-0.25, -0.2) is 8.78 Å². The van der Waals surface area contributed by atoms with Crippen molar-refractivity contribution in [2.24, 2.45) is 11.8 Å². The molecule has 1 aliphatic carbocycles. The van der Waals surface area contributed by atoms with E-state index in [2.05, 4.69) is 5.32 Å². The van der Waals surface area contributed by atoms with Crippen molar-refractivity contribution >= 4 is 17.6 Å². The van der Waals surface area contributed by atoms with Gasteiger partial charge in [-0.15, -0.1) is 0 Å². The van der Waals surface area contributed by atoms with Crippen LogP contribution in [0, 0.1) is 23.5 Å². The van der Waals surface area contributed by atoms with E-state index in [1.807, 2.05) is 0 Å². The van der Waals surface area contributed by atoms with E-state index in [4.69, 9.17) is 5.11 Å². The van der Waals surface area contributed by atoms with E-state index in [9.17, 15) is 18.4 Å². The van der Waals surface area contributed by atoms with Crippen molar-refractivity contribution in [3.63, 3.8) is 0 Å². The predicted molar refractivity (Wildman–Crippen MR) is 54.2 cm³/mol. The summed E-state index contributed by atoms with van der Waals surface area (Å²) >= 11 is 0. The van der Waals surface area contributed by atoms with E-state index in [1.165, 1.54) is 0 Å². The molecule has 1 aromatic rings. The van der Waals surface area contributed by atoms with E-state index < -0.39 is 35.3 Å². The Kier molecular flexibility index (Phi) is 2.79. The molecule has 4 nitrogen and oxygen atoms in total. The Balaban J connectivity index is 2.04. The number of amides is 1. The van der Waals surface area contributed by atoms with Crippen molar-refractivity contribution in [2.75, 3.05) is 5.32 Å². The van der Waals surface area contributed by atoms with Gasteiger partial charge in [0.25, 0.3) is 0 Å². The molecular weight excluding hydrogens is 232 g/mol. The van der Waals surface area contributed by atoms with Gasteiger partial charge in [0.05, 0.1) is 17.5 Å². The number of nitrogens with one attached hydrogen (secondary N) is 1. The highest BCUT2D eigenvalue weighted by Crippen LogP contribution is 2.39. The summed E-state index contributed by atoms with van der Waals surface area (Å²) in [6.45, 7) is 0. The van der Waals surface area contributed by atoms with E-state index >= 15 is 0 Å². The third-order valence-electron chi connectivity index (χ3n) is 2.63. The van der Waals surface area contributed by atoms with E-state index in [-0.39, 0.29) is 12.1 Å². The lowest BCUT2D eigenvalue weighted by molar-refractivity contribution is -0.139. The SMILES string of the molecule is O=C(O)[C@H]1C[C@@H]1C(=O)Nc1cc(F)ccc1F. The van der Waals surface area contributed by atoms with Gasteiger partial charge in [0.2, 0.25) is 5.91 Å². The van der Waals surface area contributed by atoms with Crippen LogP contribution >= 0.6 is 0 Å². The Morgan fingerprint density at radius 1 is 1.29 bits per heavy atom. The summed E-state index contributed by atoms with van der Waals surface area (Å²) in [7, 11) is 0. The fourth-order valence-electron chi connectivity index (χ4n) is 1.58. The number of hydrogen-bond acceptors (Lipinski definition) is 2. The van der Waals surface area contributed by atoms with E-state index in [1.54, 1.807) is 0 Å². The van der Waals surface area contributed by atoms with Crippen LogP contribution in [0.1, 0.15) is 6.42 Å². The molecule has 1 aliphatic rings. The first-order valence-electron chi connectivity index (χ1n) is 4.98. The van der Waals surface area contributed by atoms with Gasteiger partial charge in [-0.05, 0) is 18.6 Å². The van der Waals surface area contributed by atoms with Gasteiger partial charge >= 0.3 is 5.97 Å². The molecule has 0 aromatic heterocycles. The van der Waals surface area contributed by atoms with Gasteiger partial charge in [-0.2, -0.15) is 0 Å². The number of carbonyl (C=O) groups excluding carboxylic acids is 1. The molecule has 1 fully saturated rings. The number of carbonyl (C=O) groups is 2. The summed E-state index contributed by atoms with van der Waals surface area (Å²) in [6, 6.07) is 2.68. The molecule has 0 radical (unpaired) electrons. The third kappa shape index (κ3) is 2.41. The second-order valence-electron chi connectivity index (χ2n) is 3.90. The minimum atomic E-state index is -1.05. The molecule has 1 aromatic carbocycles. The van der Waals surface area contributed by atoms with Crippen molar-refractivity contribution in [3.8, 4) is 0 Å². The van der Waals surface area contributed by atoms with Crippen LogP contribution < -0.4 is 5.32 Å². The van der Waals surface area contributed by atoms with Gasteiger partial charge in [-0.3, -0.25) is 9.59 Å². The third-order valence-corrected chi connectivity index (χ3v) is 2.63. The Morgan fingerprint density at radius 2 is 2.00 bits per heavy atom. The topological polar surface area (TPSA) is 66.4 Å². The normalized spacial score (nSPS) is 22.0. The fourth-order valence-corrected chi connectivity index (χ4v) is 1.58. The number of carboxylic acid groups (broad SMARTS) is 1. The number of aliphatic carboxylic acids is 1. The monoisotopic (exact) mass is 241 g/mol. The second-order valence-corrected chi connectivity index (χ2v) is 3.90. The van der Waals surface area contributed by atoms with Crippen LogP contribution in [0.2, 0.25) is 0 Å². The second kappa shape index (κ2) is 4.12. The average Bonchev–Trinajstić information content (AvgIpc) is 3.03. The molecule has 2 atom stereocenters. The van der Waals surface area contributed by atoms with Gasteiger partial charge in [0, 0.05) is 6.07 Å². The van der Waals surface area contributed by atoms with Gasteiger partial charge < -0.3 is 10.4 Å². The predicted octanol–water partition coefficient (Wildman–Crippen LogP) is 1.62. The number of rotatable bonds is 3. The molecule has 1 saturated carbocycles. The zero-order valence-corrected chi connectivity index (χ0v) is 8.61. The summed E-state index contributed by atoms with van der Waals surface area (Å²) in [5.41, 5.74) is -0.272. The van der Waals surface area contributed by atoms with Gasteiger partial charge in [-0.1, -0.05) is 0 Å². The zero-order chi connectivity index (χ0) is 12.6. The Morgan fingerprint density at radius 3 is 2.59 bits per heavy atom. The van der Waals surface area contributed by atoms with E-state index in [0.29, 0.717) is 0 Å². The molecule has 0 spiro atoms. The van der Waals surface area contributed by atoms with E-state index in [0.717, 1.165) is 18.2 Å². The highest BCUT2D eigenvalue weighted by molar-refractivity contribution is 5.98. The lowest BCUT2D eigenvalue weighted by Gasteiger charge is -2.05. The smallest absolute Gasteiger partial charge is 0.307 e. The van der Waals surface area contributed by atoms with Crippen molar-refractivity contribution < 1.29 is 23.5 Å². The molecule has 0 bridgehead atoms. The lowest BCUT2D eigenvalue weighted by Crippen LogP contribution is -2.17. The molecular formula is C11H9F2NO3. The number of anilines is 1. The first-order valence-corrected chi connectivity index (χ1v) is 4.98. The highest BCUT2D eigenvalue weighted by atomic mass is 19.1.